The number of halogens is 1. The molecular formula is C16H22BrN3O3. The Morgan fingerprint density at radius 1 is 1.22 bits per heavy atom. The summed E-state index contributed by atoms with van der Waals surface area (Å²) in [5.74, 6) is 0.169. The Hall–Kier alpha value is -1.63. The molecule has 1 saturated heterocycles. The molecule has 0 radical (unpaired) electrons. The lowest BCUT2D eigenvalue weighted by Gasteiger charge is -2.29. The maximum atomic E-state index is 12.4. The summed E-state index contributed by atoms with van der Waals surface area (Å²) in [4.78, 5) is 26.9. The van der Waals surface area contributed by atoms with Crippen LogP contribution in [0, 0.1) is 15.5 Å². The van der Waals surface area contributed by atoms with Crippen LogP contribution in [-0.4, -0.2) is 41.9 Å². The largest absolute Gasteiger partial charge is 0.369 e. The Balaban J connectivity index is 2.12. The minimum atomic E-state index is -0.402. The van der Waals surface area contributed by atoms with E-state index in [1.54, 1.807) is 6.07 Å². The van der Waals surface area contributed by atoms with Crippen molar-refractivity contribution in [2.24, 2.45) is 5.41 Å². The van der Waals surface area contributed by atoms with Gasteiger partial charge in [0.15, 0.2) is 0 Å². The molecule has 1 amide bonds. The van der Waals surface area contributed by atoms with Crippen molar-refractivity contribution in [2.75, 3.05) is 31.1 Å². The van der Waals surface area contributed by atoms with Crippen LogP contribution in [0.2, 0.25) is 0 Å². The van der Waals surface area contributed by atoms with E-state index in [4.69, 9.17) is 0 Å². The first kappa shape index (κ1) is 17.7. The summed E-state index contributed by atoms with van der Waals surface area (Å²) in [6.45, 7) is 8.76. The van der Waals surface area contributed by atoms with Gasteiger partial charge in [-0.2, -0.15) is 0 Å². The predicted molar refractivity (Wildman–Crippen MR) is 93.7 cm³/mol. The zero-order valence-corrected chi connectivity index (χ0v) is 15.3. The van der Waals surface area contributed by atoms with Gasteiger partial charge >= 0.3 is 0 Å². The number of carbonyl (C=O) groups excluding carboxylic acids is 1. The van der Waals surface area contributed by atoms with E-state index in [2.05, 4.69) is 20.8 Å². The molecule has 2 rings (SSSR count). The van der Waals surface area contributed by atoms with Gasteiger partial charge in [0.1, 0.15) is 0 Å². The van der Waals surface area contributed by atoms with Gasteiger partial charge in [0.25, 0.3) is 5.69 Å². The van der Waals surface area contributed by atoms with E-state index < -0.39 is 4.92 Å². The number of carbonyl (C=O) groups is 1. The van der Waals surface area contributed by atoms with Gasteiger partial charge in [-0.15, -0.1) is 0 Å². The van der Waals surface area contributed by atoms with Gasteiger partial charge < -0.3 is 9.80 Å². The number of anilines is 1. The Morgan fingerprint density at radius 2 is 1.91 bits per heavy atom. The molecule has 0 saturated carbocycles. The van der Waals surface area contributed by atoms with Crippen molar-refractivity contribution in [2.45, 2.75) is 27.2 Å². The zero-order chi connectivity index (χ0) is 17.2. The van der Waals surface area contributed by atoms with Crippen molar-refractivity contribution < 1.29 is 9.72 Å². The molecule has 0 spiro atoms. The second kappa shape index (κ2) is 6.86. The number of hydrogen-bond donors (Lipinski definition) is 0. The summed E-state index contributed by atoms with van der Waals surface area (Å²) in [6.07, 6.45) is 0.880. The molecule has 0 aromatic heterocycles. The van der Waals surface area contributed by atoms with Crippen LogP contribution < -0.4 is 4.90 Å². The maximum Gasteiger partial charge on any atom is 0.270 e. The lowest BCUT2D eigenvalue weighted by Crippen LogP contribution is -2.41. The average Bonchev–Trinajstić information content (AvgIpc) is 2.71. The van der Waals surface area contributed by atoms with Crippen LogP contribution in [0.5, 0.6) is 0 Å². The van der Waals surface area contributed by atoms with Crippen LogP contribution in [0.15, 0.2) is 22.7 Å². The summed E-state index contributed by atoms with van der Waals surface area (Å²) < 4.78 is 0.710. The molecule has 1 fully saturated rings. The Labute approximate surface area is 144 Å². The molecule has 0 bridgehead atoms. The minimum absolute atomic E-state index is 0.0694. The van der Waals surface area contributed by atoms with E-state index >= 15 is 0 Å². The minimum Gasteiger partial charge on any atom is -0.369 e. The molecule has 1 heterocycles. The van der Waals surface area contributed by atoms with Gasteiger partial charge in [-0.1, -0.05) is 20.8 Å². The van der Waals surface area contributed by atoms with E-state index in [9.17, 15) is 14.9 Å². The first-order valence-electron chi connectivity index (χ1n) is 7.68. The Kier molecular flexibility index (Phi) is 5.29. The molecule has 1 aromatic rings. The SMILES string of the molecule is CC(C)(C)C(=O)N1CCCN(c2ccc([N+](=O)[O-])cc2Br)CC1. The number of hydrogen-bond acceptors (Lipinski definition) is 4. The molecule has 0 unspecified atom stereocenters. The monoisotopic (exact) mass is 383 g/mol. The van der Waals surface area contributed by atoms with Gasteiger partial charge in [-0.05, 0) is 28.4 Å². The highest BCUT2D eigenvalue weighted by Gasteiger charge is 2.29. The summed E-state index contributed by atoms with van der Waals surface area (Å²) in [6, 6.07) is 4.81. The van der Waals surface area contributed by atoms with Gasteiger partial charge in [0, 0.05) is 48.2 Å². The third-order valence-corrected chi connectivity index (χ3v) is 4.54. The average molecular weight is 384 g/mol. The van der Waals surface area contributed by atoms with E-state index in [1.807, 2.05) is 25.7 Å². The topological polar surface area (TPSA) is 66.7 Å². The van der Waals surface area contributed by atoms with Crippen molar-refractivity contribution in [3.05, 3.63) is 32.8 Å². The van der Waals surface area contributed by atoms with E-state index in [0.29, 0.717) is 11.0 Å². The quantitative estimate of drug-likeness (QED) is 0.579. The van der Waals surface area contributed by atoms with Crippen molar-refractivity contribution in [1.82, 2.24) is 4.90 Å². The molecular weight excluding hydrogens is 362 g/mol. The highest BCUT2D eigenvalue weighted by Crippen LogP contribution is 2.31. The third-order valence-electron chi connectivity index (χ3n) is 3.91. The number of nitro benzene ring substituents is 1. The van der Waals surface area contributed by atoms with Gasteiger partial charge in [-0.25, -0.2) is 0 Å². The number of nitrogens with zero attached hydrogens (tertiary/aromatic N) is 3. The Morgan fingerprint density at radius 3 is 2.48 bits per heavy atom. The van der Waals surface area contributed by atoms with Crippen LogP contribution in [0.3, 0.4) is 0 Å². The molecule has 126 valence electrons. The molecule has 0 N–H and O–H groups in total. The normalized spacial score (nSPS) is 16.2. The molecule has 1 aromatic carbocycles. The number of non-ortho nitro benzene ring substituents is 1. The number of benzene rings is 1. The van der Waals surface area contributed by atoms with Gasteiger partial charge in [0.05, 0.1) is 10.6 Å². The predicted octanol–water partition coefficient (Wildman–Crippen LogP) is 3.44. The summed E-state index contributed by atoms with van der Waals surface area (Å²) in [5, 5.41) is 10.8. The first-order chi connectivity index (χ1) is 10.7. The fourth-order valence-corrected chi connectivity index (χ4v) is 3.32. The number of rotatable bonds is 2. The van der Waals surface area contributed by atoms with Crippen molar-refractivity contribution >= 4 is 33.2 Å². The summed E-state index contributed by atoms with van der Waals surface area (Å²) in [5.41, 5.74) is 0.629. The second-order valence-electron chi connectivity index (χ2n) is 6.78. The van der Waals surface area contributed by atoms with Gasteiger partial charge in [-0.3, -0.25) is 14.9 Å². The van der Waals surface area contributed by atoms with E-state index in [0.717, 1.165) is 31.7 Å². The van der Waals surface area contributed by atoms with Crippen molar-refractivity contribution in [3.8, 4) is 0 Å². The highest BCUT2D eigenvalue weighted by molar-refractivity contribution is 9.10. The molecule has 1 aliphatic heterocycles. The van der Waals surface area contributed by atoms with Crippen LogP contribution >= 0.6 is 15.9 Å². The van der Waals surface area contributed by atoms with Crippen LogP contribution in [0.1, 0.15) is 27.2 Å². The Bertz CT molecular complexity index is 613. The summed E-state index contributed by atoms with van der Waals surface area (Å²) in [7, 11) is 0. The van der Waals surface area contributed by atoms with Crippen molar-refractivity contribution in [3.63, 3.8) is 0 Å². The highest BCUT2D eigenvalue weighted by atomic mass is 79.9. The smallest absolute Gasteiger partial charge is 0.270 e. The van der Waals surface area contributed by atoms with Crippen LogP contribution in [0.25, 0.3) is 0 Å². The van der Waals surface area contributed by atoms with Crippen LogP contribution in [-0.2, 0) is 4.79 Å². The second-order valence-corrected chi connectivity index (χ2v) is 7.63. The maximum absolute atomic E-state index is 12.4. The summed E-state index contributed by atoms with van der Waals surface area (Å²) >= 11 is 3.43. The lowest BCUT2D eigenvalue weighted by molar-refractivity contribution is -0.384. The van der Waals surface area contributed by atoms with Gasteiger partial charge in [0.2, 0.25) is 5.91 Å². The number of nitro groups is 1. The van der Waals surface area contributed by atoms with E-state index in [1.165, 1.54) is 12.1 Å². The van der Waals surface area contributed by atoms with Crippen molar-refractivity contribution in [1.29, 1.82) is 0 Å². The van der Waals surface area contributed by atoms with Crippen LogP contribution in [0.4, 0.5) is 11.4 Å². The zero-order valence-electron chi connectivity index (χ0n) is 13.7. The fourth-order valence-electron chi connectivity index (χ4n) is 2.70. The van der Waals surface area contributed by atoms with E-state index in [-0.39, 0.29) is 17.0 Å². The molecule has 6 nitrogen and oxygen atoms in total. The molecule has 0 atom stereocenters. The number of amides is 1. The third kappa shape index (κ3) is 4.22. The molecule has 1 aliphatic rings. The fraction of sp³-hybridized carbons (Fsp3) is 0.562. The molecule has 0 aliphatic carbocycles. The standard InChI is InChI=1S/C16H22BrN3O3/c1-16(2,3)15(21)19-8-4-7-18(9-10-19)14-6-5-12(20(22)23)11-13(14)17/h5-6,11H,4,7-10H2,1-3H3. The first-order valence-corrected chi connectivity index (χ1v) is 8.48. The lowest BCUT2D eigenvalue weighted by atomic mass is 9.94. The molecule has 23 heavy (non-hydrogen) atoms. The molecule has 7 heteroatoms.